The van der Waals surface area contributed by atoms with E-state index < -0.39 is 5.97 Å². The highest BCUT2D eigenvalue weighted by Gasteiger charge is 2.16. The first kappa shape index (κ1) is 20.8. The summed E-state index contributed by atoms with van der Waals surface area (Å²) in [5.41, 5.74) is 1.10. The third kappa shape index (κ3) is 5.77. The summed E-state index contributed by atoms with van der Waals surface area (Å²) >= 11 is 6.23. The molecule has 3 rings (SSSR count). The quantitative estimate of drug-likeness (QED) is 0.693. The SMILES string of the molecule is CCOc1ccc(C(=O)NCC(=O)OCc2cc(Cl)c3c(c2)OCCCO3)cc1. The zero-order chi connectivity index (χ0) is 20.6. The molecule has 7 nitrogen and oxygen atoms in total. The second kappa shape index (κ2) is 10.0. The molecule has 154 valence electrons. The van der Waals surface area contributed by atoms with Gasteiger partial charge in [0.15, 0.2) is 11.5 Å². The molecule has 8 heteroatoms. The molecule has 0 aliphatic carbocycles. The van der Waals surface area contributed by atoms with Crippen molar-refractivity contribution in [2.45, 2.75) is 20.0 Å². The van der Waals surface area contributed by atoms with Crippen molar-refractivity contribution >= 4 is 23.5 Å². The van der Waals surface area contributed by atoms with Gasteiger partial charge in [-0.1, -0.05) is 11.6 Å². The van der Waals surface area contributed by atoms with Crippen molar-refractivity contribution in [3.05, 3.63) is 52.5 Å². The van der Waals surface area contributed by atoms with Crippen LogP contribution in [0.3, 0.4) is 0 Å². The van der Waals surface area contributed by atoms with E-state index in [1.54, 1.807) is 36.4 Å². The first-order chi connectivity index (χ1) is 14.1. The van der Waals surface area contributed by atoms with Crippen molar-refractivity contribution in [1.82, 2.24) is 5.32 Å². The average molecular weight is 420 g/mol. The summed E-state index contributed by atoms with van der Waals surface area (Å²) in [5, 5.41) is 2.93. The molecule has 0 spiro atoms. The van der Waals surface area contributed by atoms with Crippen LogP contribution in [0.4, 0.5) is 0 Å². The van der Waals surface area contributed by atoms with Gasteiger partial charge in [0, 0.05) is 12.0 Å². The molecule has 1 N–H and O–H groups in total. The van der Waals surface area contributed by atoms with Gasteiger partial charge in [0.05, 0.1) is 24.8 Å². The third-order valence-electron chi connectivity index (χ3n) is 4.08. The Kier molecular flexibility index (Phi) is 7.19. The van der Waals surface area contributed by atoms with E-state index in [-0.39, 0.29) is 19.1 Å². The molecule has 0 aromatic heterocycles. The van der Waals surface area contributed by atoms with E-state index in [0.717, 1.165) is 6.42 Å². The predicted molar refractivity (Wildman–Crippen MR) is 107 cm³/mol. The lowest BCUT2D eigenvalue weighted by atomic mass is 10.2. The normalized spacial score (nSPS) is 12.6. The van der Waals surface area contributed by atoms with Gasteiger partial charge in [0.2, 0.25) is 0 Å². The van der Waals surface area contributed by atoms with Crippen LogP contribution in [0.2, 0.25) is 5.02 Å². The van der Waals surface area contributed by atoms with Crippen LogP contribution in [0.5, 0.6) is 17.2 Å². The van der Waals surface area contributed by atoms with E-state index in [1.807, 2.05) is 6.92 Å². The van der Waals surface area contributed by atoms with Crippen LogP contribution in [-0.4, -0.2) is 38.2 Å². The maximum atomic E-state index is 12.1. The fraction of sp³-hybridized carbons (Fsp3) is 0.333. The maximum absolute atomic E-state index is 12.1. The smallest absolute Gasteiger partial charge is 0.325 e. The zero-order valence-corrected chi connectivity index (χ0v) is 16.8. The highest BCUT2D eigenvalue weighted by Crippen LogP contribution is 2.38. The number of ether oxygens (including phenoxy) is 4. The maximum Gasteiger partial charge on any atom is 0.325 e. The number of esters is 1. The Labute approximate surface area is 173 Å². The Hall–Kier alpha value is -2.93. The van der Waals surface area contributed by atoms with E-state index in [2.05, 4.69) is 5.32 Å². The number of hydrogen-bond acceptors (Lipinski definition) is 6. The van der Waals surface area contributed by atoms with E-state index in [1.165, 1.54) is 0 Å². The summed E-state index contributed by atoms with van der Waals surface area (Å²) in [5.74, 6) is 0.778. The molecule has 0 saturated heterocycles. The van der Waals surface area contributed by atoms with Crippen molar-refractivity contribution < 1.29 is 28.5 Å². The summed E-state index contributed by atoms with van der Waals surface area (Å²) in [7, 11) is 0. The Bertz CT molecular complexity index is 868. The van der Waals surface area contributed by atoms with Crippen LogP contribution in [0.1, 0.15) is 29.3 Å². The van der Waals surface area contributed by atoms with Crippen LogP contribution < -0.4 is 19.5 Å². The highest BCUT2D eigenvalue weighted by atomic mass is 35.5. The number of rotatable bonds is 7. The molecule has 0 unspecified atom stereocenters. The molecule has 29 heavy (non-hydrogen) atoms. The van der Waals surface area contributed by atoms with Gasteiger partial charge in [-0.15, -0.1) is 0 Å². The van der Waals surface area contributed by atoms with Crippen molar-refractivity contribution in [2.75, 3.05) is 26.4 Å². The number of halogens is 1. The minimum Gasteiger partial charge on any atom is -0.494 e. The molecule has 0 fully saturated rings. The number of nitrogens with one attached hydrogen (secondary N) is 1. The topological polar surface area (TPSA) is 83.1 Å². The number of carbonyl (C=O) groups is 2. The summed E-state index contributed by atoms with van der Waals surface area (Å²) < 4.78 is 21.7. The number of hydrogen-bond donors (Lipinski definition) is 1. The second-order valence-corrected chi connectivity index (χ2v) is 6.66. The fourth-order valence-corrected chi connectivity index (χ4v) is 2.99. The first-order valence-electron chi connectivity index (χ1n) is 9.31. The summed E-state index contributed by atoms with van der Waals surface area (Å²) in [4.78, 5) is 24.1. The highest BCUT2D eigenvalue weighted by molar-refractivity contribution is 6.32. The van der Waals surface area contributed by atoms with Gasteiger partial charge in [-0.3, -0.25) is 9.59 Å². The molecule has 0 bridgehead atoms. The molecule has 2 aromatic rings. The lowest BCUT2D eigenvalue weighted by molar-refractivity contribution is -0.143. The van der Waals surface area contributed by atoms with Gasteiger partial charge in [0.25, 0.3) is 5.91 Å². The van der Waals surface area contributed by atoms with Crippen molar-refractivity contribution in [3.63, 3.8) is 0 Å². The Balaban J connectivity index is 1.49. The van der Waals surface area contributed by atoms with Gasteiger partial charge in [0.1, 0.15) is 18.9 Å². The van der Waals surface area contributed by atoms with Gasteiger partial charge in [-0.2, -0.15) is 0 Å². The molecule has 0 saturated carbocycles. The van der Waals surface area contributed by atoms with Gasteiger partial charge in [-0.05, 0) is 48.9 Å². The molecule has 0 atom stereocenters. The van der Waals surface area contributed by atoms with Crippen molar-refractivity contribution in [2.24, 2.45) is 0 Å². The zero-order valence-electron chi connectivity index (χ0n) is 16.0. The van der Waals surface area contributed by atoms with Crippen LogP contribution in [0, 0.1) is 0 Å². The Morgan fingerprint density at radius 1 is 1.14 bits per heavy atom. The largest absolute Gasteiger partial charge is 0.494 e. The molecule has 1 amide bonds. The van der Waals surface area contributed by atoms with Crippen LogP contribution in [0.15, 0.2) is 36.4 Å². The molecule has 2 aromatic carbocycles. The Morgan fingerprint density at radius 2 is 1.90 bits per heavy atom. The van der Waals surface area contributed by atoms with Crippen molar-refractivity contribution in [1.29, 1.82) is 0 Å². The Morgan fingerprint density at radius 3 is 2.66 bits per heavy atom. The van der Waals surface area contributed by atoms with E-state index >= 15 is 0 Å². The molecular weight excluding hydrogens is 398 g/mol. The van der Waals surface area contributed by atoms with Gasteiger partial charge in [-0.25, -0.2) is 0 Å². The standard InChI is InChI=1S/C21H22ClNO6/c1-2-26-16-6-4-15(5-7-16)21(25)23-12-19(24)29-13-14-10-17(22)20-18(11-14)27-8-3-9-28-20/h4-7,10-11H,2-3,8-9,12-13H2,1H3,(H,23,25). The van der Waals surface area contributed by atoms with E-state index in [0.29, 0.717) is 53.2 Å². The molecule has 0 radical (unpaired) electrons. The first-order valence-corrected chi connectivity index (χ1v) is 9.69. The van der Waals surface area contributed by atoms with Crippen LogP contribution >= 0.6 is 11.6 Å². The molecular formula is C21H22ClNO6. The van der Waals surface area contributed by atoms with Gasteiger partial charge >= 0.3 is 5.97 Å². The average Bonchev–Trinajstić information content (AvgIpc) is 2.97. The number of amides is 1. The monoisotopic (exact) mass is 419 g/mol. The molecule has 1 aliphatic heterocycles. The minimum absolute atomic E-state index is 0.00805. The second-order valence-electron chi connectivity index (χ2n) is 6.26. The molecule has 1 aliphatic rings. The van der Waals surface area contributed by atoms with Crippen molar-refractivity contribution in [3.8, 4) is 17.2 Å². The number of fused-ring (bicyclic) bond motifs is 1. The summed E-state index contributed by atoms with van der Waals surface area (Å²) in [6.45, 7) is 3.26. The number of carbonyl (C=O) groups excluding carboxylic acids is 2. The van der Waals surface area contributed by atoms with Crippen LogP contribution in [-0.2, 0) is 16.1 Å². The van der Waals surface area contributed by atoms with E-state index in [4.69, 9.17) is 30.5 Å². The predicted octanol–water partition coefficient (Wildman–Crippen LogP) is 3.37. The molecule has 1 heterocycles. The summed E-state index contributed by atoms with van der Waals surface area (Å²) in [6.07, 6.45) is 0.767. The number of benzene rings is 2. The fourth-order valence-electron chi connectivity index (χ4n) is 2.71. The lowest BCUT2D eigenvalue weighted by Gasteiger charge is -2.12. The van der Waals surface area contributed by atoms with Gasteiger partial charge < -0.3 is 24.3 Å². The lowest BCUT2D eigenvalue weighted by Crippen LogP contribution is -2.30. The van der Waals surface area contributed by atoms with Crippen LogP contribution in [0.25, 0.3) is 0 Å². The minimum atomic E-state index is -0.562. The third-order valence-corrected chi connectivity index (χ3v) is 4.36. The van der Waals surface area contributed by atoms with E-state index in [9.17, 15) is 9.59 Å². The summed E-state index contributed by atoms with van der Waals surface area (Å²) in [6, 6.07) is 10.1.